The van der Waals surface area contributed by atoms with Crippen LogP contribution in [0.4, 0.5) is 0 Å². The minimum absolute atomic E-state index is 0.282. The lowest BCUT2D eigenvalue weighted by atomic mass is 9.78. The van der Waals surface area contributed by atoms with Gasteiger partial charge in [0.2, 0.25) is 0 Å². The van der Waals surface area contributed by atoms with E-state index < -0.39 is 0 Å². The van der Waals surface area contributed by atoms with E-state index in [1.807, 2.05) is 0 Å². The highest BCUT2D eigenvalue weighted by Gasteiger charge is 2.35. The Morgan fingerprint density at radius 2 is 1.33 bits per heavy atom. The zero-order valence-corrected chi connectivity index (χ0v) is 14.4. The molecule has 1 aliphatic carbocycles. The molecule has 0 radical (unpaired) electrons. The van der Waals surface area contributed by atoms with Crippen LogP contribution >= 0.6 is 0 Å². The van der Waals surface area contributed by atoms with Crippen LogP contribution < -0.4 is 0 Å². The van der Waals surface area contributed by atoms with Crippen LogP contribution in [-0.2, 0) is 4.74 Å². The van der Waals surface area contributed by atoms with Gasteiger partial charge in [-0.15, -0.1) is 0 Å². The molecule has 1 heteroatoms. The zero-order valence-electron chi connectivity index (χ0n) is 14.4. The van der Waals surface area contributed by atoms with Crippen LogP contribution in [-0.4, -0.2) is 0 Å². The molecule has 1 saturated carbocycles. The van der Waals surface area contributed by atoms with Gasteiger partial charge in [-0.1, -0.05) is 12.8 Å². The van der Waals surface area contributed by atoms with Crippen LogP contribution in [0.2, 0.25) is 0 Å². The maximum atomic E-state index is 6.42. The maximum absolute atomic E-state index is 6.42. The minimum Gasteiger partial charge on any atom is -0.490 e. The van der Waals surface area contributed by atoms with E-state index in [9.17, 15) is 0 Å². The topological polar surface area (TPSA) is 9.23 Å². The lowest BCUT2D eigenvalue weighted by Crippen LogP contribution is -2.22. The fourth-order valence-corrected chi connectivity index (χ4v) is 4.29. The van der Waals surface area contributed by atoms with Crippen molar-refractivity contribution in [2.24, 2.45) is 5.92 Å². The van der Waals surface area contributed by atoms with Gasteiger partial charge in [0.15, 0.2) is 0 Å². The summed E-state index contributed by atoms with van der Waals surface area (Å²) in [5.74, 6) is 1.83. The summed E-state index contributed by atoms with van der Waals surface area (Å²) >= 11 is 0. The molecule has 0 bridgehead atoms. The summed E-state index contributed by atoms with van der Waals surface area (Å²) in [6.07, 6.45) is 5.66. The third kappa shape index (κ3) is 2.13. The van der Waals surface area contributed by atoms with Gasteiger partial charge >= 0.3 is 0 Å². The summed E-state index contributed by atoms with van der Waals surface area (Å²) in [5.41, 5.74) is 10.1. The van der Waals surface area contributed by atoms with Crippen LogP contribution in [0.1, 0.15) is 79.0 Å². The number of hydrogen-bond acceptors (Lipinski definition) is 1. The average Bonchev–Trinajstić information content (AvgIpc) is 2.99. The number of benzene rings is 1. The second kappa shape index (κ2) is 5.19. The van der Waals surface area contributed by atoms with Crippen molar-refractivity contribution in [3.8, 4) is 0 Å². The van der Waals surface area contributed by atoms with Gasteiger partial charge in [0, 0.05) is 11.5 Å². The summed E-state index contributed by atoms with van der Waals surface area (Å²) < 4.78 is 6.42. The molecule has 1 unspecified atom stereocenters. The number of rotatable bonds is 1. The van der Waals surface area contributed by atoms with Crippen molar-refractivity contribution in [1.82, 2.24) is 0 Å². The second-order valence-electron chi connectivity index (χ2n) is 7.05. The van der Waals surface area contributed by atoms with Crippen molar-refractivity contribution in [1.29, 1.82) is 0 Å². The lowest BCUT2D eigenvalue weighted by molar-refractivity contribution is 0.0624. The smallest absolute Gasteiger partial charge is 0.127 e. The van der Waals surface area contributed by atoms with Gasteiger partial charge < -0.3 is 4.74 Å². The van der Waals surface area contributed by atoms with Crippen LogP contribution in [0, 0.1) is 33.6 Å². The van der Waals surface area contributed by atoms with Crippen LogP contribution in [0.25, 0.3) is 5.57 Å². The Morgan fingerprint density at radius 3 is 1.95 bits per heavy atom. The Labute approximate surface area is 129 Å². The highest BCUT2D eigenvalue weighted by Crippen LogP contribution is 2.48. The fourth-order valence-electron chi connectivity index (χ4n) is 4.29. The van der Waals surface area contributed by atoms with Crippen LogP contribution in [0.3, 0.4) is 0 Å². The quantitative estimate of drug-likeness (QED) is 0.620. The molecule has 114 valence electrons. The molecule has 1 nitrogen and oxygen atoms in total. The first kappa shape index (κ1) is 14.7. The number of allylic oxidation sites excluding steroid dienone is 2. The van der Waals surface area contributed by atoms with E-state index in [0.29, 0.717) is 5.92 Å². The van der Waals surface area contributed by atoms with Gasteiger partial charge in [0.25, 0.3) is 0 Å². The van der Waals surface area contributed by atoms with E-state index in [2.05, 4.69) is 41.5 Å². The van der Waals surface area contributed by atoms with Gasteiger partial charge in [-0.25, -0.2) is 0 Å². The first-order chi connectivity index (χ1) is 9.93. The van der Waals surface area contributed by atoms with Crippen LogP contribution in [0.5, 0.6) is 0 Å². The van der Waals surface area contributed by atoms with E-state index in [0.717, 1.165) is 5.76 Å². The van der Waals surface area contributed by atoms with Crippen molar-refractivity contribution in [3.63, 3.8) is 0 Å². The molecule has 0 spiro atoms. The summed E-state index contributed by atoms with van der Waals surface area (Å²) in [6, 6.07) is 0. The highest BCUT2D eigenvalue weighted by atomic mass is 16.5. The molecule has 0 N–H and O–H groups in total. The Bertz CT molecular complexity index is 615. The van der Waals surface area contributed by atoms with Gasteiger partial charge in [0.05, 0.1) is 5.76 Å². The number of fused-ring (bicyclic) bond motifs is 1. The molecule has 0 aromatic heterocycles. The maximum Gasteiger partial charge on any atom is 0.127 e. The van der Waals surface area contributed by atoms with Gasteiger partial charge in [-0.3, -0.25) is 0 Å². The molecular formula is C20H28O. The first-order valence-corrected chi connectivity index (χ1v) is 8.38. The standard InChI is InChI=1S/C20H28O/c1-11-12(2)14(4)19-18(13(11)3)15(5)16(6)21-20(19)17-9-7-8-10-17/h17,20H,7-10H2,1-6H3. The molecule has 3 rings (SSSR count). The molecule has 0 saturated heterocycles. The van der Waals surface area contributed by atoms with Crippen LogP contribution in [0.15, 0.2) is 5.76 Å². The average molecular weight is 284 g/mol. The third-order valence-corrected chi connectivity index (χ3v) is 6.06. The summed E-state index contributed by atoms with van der Waals surface area (Å²) in [6.45, 7) is 13.5. The predicted octanol–water partition coefficient (Wildman–Crippen LogP) is 5.93. The monoisotopic (exact) mass is 284 g/mol. The first-order valence-electron chi connectivity index (χ1n) is 8.38. The number of ether oxygens (including phenoxy) is 1. The molecule has 1 atom stereocenters. The van der Waals surface area contributed by atoms with Gasteiger partial charge in [-0.05, 0) is 87.8 Å². The van der Waals surface area contributed by atoms with E-state index >= 15 is 0 Å². The lowest BCUT2D eigenvalue weighted by Gasteiger charge is -2.36. The molecule has 21 heavy (non-hydrogen) atoms. The Balaban J connectivity index is 2.26. The Kier molecular flexibility index (Phi) is 3.63. The Hall–Kier alpha value is -1.24. The van der Waals surface area contributed by atoms with E-state index in [-0.39, 0.29) is 6.10 Å². The van der Waals surface area contributed by atoms with E-state index in [1.165, 1.54) is 64.6 Å². The molecular weight excluding hydrogens is 256 g/mol. The number of hydrogen-bond donors (Lipinski definition) is 0. The minimum atomic E-state index is 0.282. The molecule has 1 heterocycles. The molecule has 1 fully saturated rings. The van der Waals surface area contributed by atoms with Gasteiger partial charge in [0.1, 0.15) is 6.10 Å². The van der Waals surface area contributed by atoms with Crippen molar-refractivity contribution in [2.75, 3.05) is 0 Å². The third-order valence-electron chi connectivity index (χ3n) is 6.06. The highest BCUT2D eigenvalue weighted by molar-refractivity contribution is 5.75. The van der Waals surface area contributed by atoms with E-state index in [4.69, 9.17) is 4.74 Å². The van der Waals surface area contributed by atoms with Crippen molar-refractivity contribution >= 4 is 5.57 Å². The molecule has 2 aliphatic rings. The van der Waals surface area contributed by atoms with Crippen molar-refractivity contribution in [2.45, 2.75) is 73.3 Å². The summed E-state index contributed by atoms with van der Waals surface area (Å²) in [4.78, 5) is 0. The molecule has 1 aromatic carbocycles. The predicted molar refractivity (Wildman–Crippen MR) is 89.4 cm³/mol. The van der Waals surface area contributed by atoms with Gasteiger partial charge in [-0.2, -0.15) is 0 Å². The Morgan fingerprint density at radius 1 is 0.762 bits per heavy atom. The summed E-state index contributed by atoms with van der Waals surface area (Å²) in [7, 11) is 0. The largest absolute Gasteiger partial charge is 0.490 e. The summed E-state index contributed by atoms with van der Waals surface area (Å²) in [5, 5.41) is 0. The molecule has 0 amide bonds. The SMILES string of the molecule is CC1=C(C)c2c(C)c(C)c(C)c(C)c2C(C2CCCC2)O1. The molecule has 1 aromatic rings. The van der Waals surface area contributed by atoms with Crippen molar-refractivity contribution in [3.05, 3.63) is 39.1 Å². The second-order valence-corrected chi connectivity index (χ2v) is 7.05. The fraction of sp³-hybridized carbons (Fsp3) is 0.600. The molecule has 1 aliphatic heterocycles. The van der Waals surface area contributed by atoms with E-state index in [1.54, 1.807) is 0 Å². The van der Waals surface area contributed by atoms with Crippen molar-refractivity contribution < 1.29 is 4.74 Å². The zero-order chi connectivity index (χ0) is 15.3. The normalized spacial score (nSPS) is 22.5.